The van der Waals surface area contributed by atoms with Gasteiger partial charge in [0.2, 0.25) is 0 Å². The maximum absolute atomic E-state index is 4.34. The number of hydrogen-bond donors (Lipinski definition) is 2. The van der Waals surface area contributed by atoms with Gasteiger partial charge >= 0.3 is 0 Å². The number of nitrogens with one attached hydrogen (secondary N) is 2. The molecule has 0 radical (unpaired) electrons. The average Bonchev–Trinajstić information content (AvgIpc) is 3.38. The lowest BCUT2D eigenvalue weighted by Gasteiger charge is -2.17. The van der Waals surface area contributed by atoms with E-state index in [1.54, 1.807) is 0 Å². The van der Waals surface area contributed by atoms with Crippen LogP contribution in [-0.4, -0.2) is 60.4 Å². The minimum atomic E-state index is 0.698. The highest BCUT2D eigenvalue weighted by Crippen LogP contribution is 2.15. The van der Waals surface area contributed by atoms with E-state index in [-0.39, 0.29) is 0 Å². The predicted molar refractivity (Wildman–Crippen MR) is 111 cm³/mol. The van der Waals surface area contributed by atoms with E-state index in [0.29, 0.717) is 5.92 Å². The van der Waals surface area contributed by atoms with Crippen LogP contribution < -0.4 is 10.6 Å². The maximum atomic E-state index is 4.34. The largest absolute Gasteiger partial charge is 0.356 e. The SMILES string of the molecule is CN=C(NCCCn1cccn1)NCC1CCN(CCc2ccccc2)C1. The molecule has 3 rings (SSSR count). The van der Waals surface area contributed by atoms with Crippen LogP contribution in [0.1, 0.15) is 18.4 Å². The van der Waals surface area contributed by atoms with Crippen molar-refractivity contribution in [2.45, 2.75) is 25.8 Å². The van der Waals surface area contributed by atoms with Crippen molar-refractivity contribution in [1.29, 1.82) is 0 Å². The first-order valence-corrected chi connectivity index (χ1v) is 10.0. The van der Waals surface area contributed by atoms with Crippen LogP contribution in [-0.2, 0) is 13.0 Å². The third-order valence-corrected chi connectivity index (χ3v) is 5.13. The quantitative estimate of drug-likeness (QED) is 0.404. The Balaban J connectivity index is 1.28. The summed E-state index contributed by atoms with van der Waals surface area (Å²) in [7, 11) is 1.84. The van der Waals surface area contributed by atoms with Crippen molar-refractivity contribution in [2.24, 2.45) is 10.9 Å². The number of benzene rings is 1. The fraction of sp³-hybridized carbons (Fsp3) is 0.524. The molecular formula is C21H32N6. The lowest BCUT2D eigenvalue weighted by atomic mass is 10.1. The highest BCUT2D eigenvalue weighted by molar-refractivity contribution is 5.79. The number of hydrogen-bond acceptors (Lipinski definition) is 3. The van der Waals surface area contributed by atoms with Crippen LogP contribution in [0.25, 0.3) is 0 Å². The Morgan fingerprint density at radius 3 is 2.85 bits per heavy atom. The summed E-state index contributed by atoms with van der Waals surface area (Å²) in [5.74, 6) is 1.60. The highest BCUT2D eigenvalue weighted by Gasteiger charge is 2.22. The first-order chi connectivity index (χ1) is 13.3. The molecule has 0 saturated carbocycles. The molecule has 0 aliphatic carbocycles. The second-order valence-corrected chi connectivity index (χ2v) is 7.19. The minimum Gasteiger partial charge on any atom is -0.356 e. The molecule has 146 valence electrons. The lowest BCUT2D eigenvalue weighted by molar-refractivity contribution is 0.328. The molecule has 1 fully saturated rings. The van der Waals surface area contributed by atoms with Crippen molar-refractivity contribution in [2.75, 3.05) is 39.8 Å². The Kier molecular flexibility index (Phi) is 7.71. The van der Waals surface area contributed by atoms with Gasteiger partial charge in [0.15, 0.2) is 5.96 Å². The molecule has 1 aromatic carbocycles. The number of nitrogens with zero attached hydrogens (tertiary/aromatic N) is 4. The van der Waals surface area contributed by atoms with Gasteiger partial charge in [-0.25, -0.2) is 0 Å². The normalized spacial score (nSPS) is 18.0. The van der Waals surface area contributed by atoms with Crippen molar-refractivity contribution < 1.29 is 0 Å². The third-order valence-electron chi connectivity index (χ3n) is 5.13. The monoisotopic (exact) mass is 368 g/mol. The van der Waals surface area contributed by atoms with E-state index in [1.807, 2.05) is 30.2 Å². The van der Waals surface area contributed by atoms with E-state index in [1.165, 1.54) is 25.1 Å². The van der Waals surface area contributed by atoms with Crippen LogP contribution in [0.3, 0.4) is 0 Å². The number of aromatic nitrogens is 2. The van der Waals surface area contributed by atoms with Crippen LogP contribution in [0.4, 0.5) is 0 Å². The molecule has 1 aliphatic heterocycles. The fourth-order valence-electron chi connectivity index (χ4n) is 3.56. The Morgan fingerprint density at radius 2 is 2.07 bits per heavy atom. The first-order valence-electron chi connectivity index (χ1n) is 10.0. The van der Waals surface area contributed by atoms with Gasteiger partial charge in [0, 0.05) is 52.2 Å². The van der Waals surface area contributed by atoms with Gasteiger partial charge < -0.3 is 15.5 Å². The Bertz CT molecular complexity index is 667. The highest BCUT2D eigenvalue weighted by atomic mass is 15.3. The van der Waals surface area contributed by atoms with Gasteiger partial charge in [-0.15, -0.1) is 0 Å². The lowest BCUT2D eigenvalue weighted by Crippen LogP contribution is -2.40. The summed E-state index contributed by atoms with van der Waals surface area (Å²) >= 11 is 0. The second-order valence-electron chi connectivity index (χ2n) is 7.19. The number of rotatable bonds is 9. The third kappa shape index (κ3) is 6.71. The fourth-order valence-corrected chi connectivity index (χ4v) is 3.56. The van der Waals surface area contributed by atoms with Crippen molar-refractivity contribution in [3.63, 3.8) is 0 Å². The van der Waals surface area contributed by atoms with Crippen molar-refractivity contribution in [1.82, 2.24) is 25.3 Å². The molecule has 1 saturated heterocycles. The molecule has 6 heteroatoms. The second kappa shape index (κ2) is 10.7. The average molecular weight is 369 g/mol. The van der Waals surface area contributed by atoms with E-state index in [0.717, 1.165) is 45.0 Å². The van der Waals surface area contributed by atoms with Crippen molar-refractivity contribution in [3.05, 3.63) is 54.4 Å². The van der Waals surface area contributed by atoms with Gasteiger partial charge in [-0.1, -0.05) is 30.3 Å². The number of aryl methyl sites for hydroxylation is 1. The summed E-state index contributed by atoms with van der Waals surface area (Å²) in [6.45, 7) is 6.34. The molecule has 1 unspecified atom stereocenters. The molecule has 27 heavy (non-hydrogen) atoms. The molecule has 6 nitrogen and oxygen atoms in total. The smallest absolute Gasteiger partial charge is 0.190 e. The molecule has 2 aromatic rings. The summed E-state index contributed by atoms with van der Waals surface area (Å²) in [5, 5.41) is 11.1. The van der Waals surface area contributed by atoms with Gasteiger partial charge in [0.25, 0.3) is 0 Å². The van der Waals surface area contributed by atoms with Gasteiger partial charge in [0.1, 0.15) is 0 Å². The molecule has 1 aromatic heterocycles. The van der Waals surface area contributed by atoms with E-state index < -0.39 is 0 Å². The summed E-state index contributed by atoms with van der Waals surface area (Å²) in [4.78, 5) is 6.92. The van der Waals surface area contributed by atoms with Crippen LogP contribution in [0.15, 0.2) is 53.8 Å². The van der Waals surface area contributed by atoms with E-state index in [9.17, 15) is 0 Å². The van der Waals surface area contributed by atoms with Gasteiger partial charge in [-0.05, 0) is 43.4 Å². The summed E-state index contributed by atoms with van der Waals surface area (Å²) in [6.07, 6.45) is 7.24. The summed E-state index contributed by atoms with van der Waals surface area (Å²) in [5.41, 5.74) is 1.43. The topological polar surface area (TPSA) is 57.5 Å². The predicted octanol–water partition coefficient (Wildman–Crippen LogP) is 2.00. The molecule has 0 spiro atoms. The van der Waals surface area contributed by atoms with Crippen molar-refractivity contribution >= 4 is 5.96 Å². The Hall–Kier alpha value is -2.34. The van der Waals surface area contributed by atoms with Crippen LogP contribution in [0.2, 0.25) is 0 Å². The number of likely N-dealkylation sites (tertiary alicyclic amines) is 1. The van der Waals surface area contributed by atoms with Gasteiger partial charge in [-0.2, -0.15) is 5.10 Å². The van der Waals surface area contributed by atoms with Crippen LogP contribution in [0.5, 0.6) is 0 Å². The van der Waals surface area contributed by atoms with E-state index in [2.05, 4.69) is 56.0 Å². The standard InChI is InChI=1S/C21H32N6/c1-22-21(23-11-5-13-27-14-6-12-25-27)24-17-20-10-16-26(18-20)15-9-19-7-3-2-4-8-19/h2-4,6-8,12,14,20H,5,9-11,13,15-18H2,1H3,(H2,22,23,24). The Morgan fingerprint density at radius 1 is 1.19 bits per heavy atom. The van der Waals surface area contributed by atoms with E-state index in [4.69, 9.17) is 0 Å². The molecule has 1 atom stereocenters. The molecule has 2 heterocycles. The zero-order chi connectivity index (χ0) is 18.7. The van der Waals surface area contributed by atoms with Crippen LogP contribution >= 0.6 is 0 Å². The summed E-state index contributed by atoms with van der Waals surface area (Å²) in [6, 6.07) is 12.7. The number of guanidine groups is 1. The first kappa shape index (κ1) is 19.4. The van der Waals surface area contributed by atoms with Crippen molar-refractivity contribution in [3.8, 4) is 0 Å². The van der Waals surface area contributed by atoms with Gasteiger partial charge in [-0.3, -0.25) is 9.67 Å². The van der Waals surface area contributed by atoms with Gasteiger partial charge in [0.05, 0.1) is 0 Å². The summed E-state index contributed by atoms with van der Waals surface area (Å²) < 4.78 is 1.96. The Labute approximate surface area is 162 Å². The zero-order valence-electron chi connectivity index (χ0n) is 16.3. The molecule has 2 N–H and O–H groups in total. The molecular weight excluding hydrogens is 336 g/mol. The van der Waals surface area contributed by atoms with E-state index >= 15 is 0 Å². The number of aliphatic imine (C=N–C) groups is 1. The minimum absolute atomic E-state index is 0.698. The van der Waals surface area contributed by atoms with Crippen LogP contribution in [0, 0.1) is 5.92 Å². The molecule has 0 amide bonds. The molecule has 1 aliphatic rings. The molecule has 0 bridgehead atoms. The zero-order valence-corrected chi connectivity index (χ0v) is 16.3. The maximum Gasteiger partial charge on any atom is 0.190 e.